The highest BCUT2D eigenvalue weighted by molar-refractivity contribution is 5.81. The number of aryl methyl sites for hydroxylation is 1. The first-order valence-electron chi connectivity index (χ1n) is 10.8. The molecule has 1 saturated heterocycles. The molecule has 1 fully saturated rings. The Labute approximate surface area is 175 Å². The van der Waals surface area contributed by atoms with Crippen molar-refractivity contribution in [2.24, 2.45) is 5.92 Å². The lowest BCUT2D eigenvalue weighted by Gasteiger charge is -2.32. The Morgan fingerprint density at radius 2 is 1.86 bits per heavy atom. The molecule has 0 aromatic heterocycles. The fourth-order valence-corrected chi connectivity index (χ4v) is 3.81. The number of hydrogen-bond donors (Lipinski definition) is 1. The van der Waals surface area contributed by atoms with Crippen molar-refractivity contribution in [3.8, 4) is 5.75 Å². The topological polar surface area (TPSA) is 41.6 Å². The minimum Gasteiger partial charge on any atom is -0.481 e. The van der Waals surface area contributed by atoms with E-state index in [-0.39, 0.29) is 11.9 Å². The Bertz CT molecular complexity index is 795. The molecule has 2 atom stereocenters. The van der Waals surface area contributed by atoms with Gasteiger partial charge in [-0.1, -0.05) is 38.1 Å². The van der Waals surface area contributed by atoms with Crippen molar-refractivity contribution in [1.82, 2.24) is 5.32 Å². The second kappa shape index (κ2) is 9.82. The predicted molar refractivity (Wildman–Crippen MR) is 119 cm³/mol. The van der Waals surface area contributed by atoms with Crippen LogP contribution in [0, 0.1) is 12.8 Å². The molecule has 0 radical (unpaired) electrons. The van der Waals surface area contributed by atoms with Crippen LogP contribution in [-0.4, -0.2) is 25.1 Å². The van der Waals surface area contributed by atoms with Gasteiger partial charge in [-0.05, 0) is 74.4 Å². The fourth-order valence-electron chi connectivity index (χ4n) is 3.81. The van der Waals surface area contributed by atoms with Crippen LogP contribution in [0.3, 0.4) is 0 Å². The van der Waals surface area contributed by atoms with Crippen LogP contribution in [0.2, 0.25) is 0 Å². The largest absolute Gasteiger partial charge is 0.481 e. The van der Waals surface area contributed by atoms with Crippen molar-refractivity contribution in [1.29, 1.82) is 0 Å². The zero-order chi connectivity index (χ0) is 20.8. The third-order valence-corrected chi connectivity index (χ3v) is 5.83. The number of amides is 1. The molecule has 0 bridgehead atoms. The highest BCUT2D eigenvalue weighted by Crippen LogP contribution is 2.25. The minimum absolute atomic E-state index is 0.0620. The second-order valence-electron chi connectivity index (χ2n) is 8.32. The standard InChI is InChI=1S/C25H34N2O2/c1-5-24(29-23-8-6-7-19(3)17-23)25(28)26-20(4)21-9-11-22(12-10-21)27-15-13-18(2)14-16-27/h6-12,17-18,20,24H,5,13-16H2,1-4H3,(H,26,28)/t20-,24-/m0/s1. The molecule has 2 aromatic rings. The summed E-state index contributed by atoms with van der Waals surface area (Å²) in [4.78, 5) is 15.2. The van der Waals surface area contributed by atoms with Crippen LogP contribution in [0.5, 0.6) is 5.75 Å². The minimum atomic E-state index is -0.492. The van der Waals surface area contributed by atoms with Gasteiger partial charge in [0.15, 0.2) is 6.10 Å². The number of nitrogens with one attached hydrogen (secondary N) is 1. The summed E-state index contributed by atoms with van der Waals surface area (Å²) in [5, 5.41) is 3.11. The summed E-state index contributed by atoms with van der Waals surface area (Å²) in [6, 6.07) is 16.4. The van der Waals surface area contributed by atoms with E-state index < -0.39 is 6.10 Å². The van der Waals surface area contributed by atoms with Gasteiger partial charge in [-0.25, -0.2) is 0 Å². The van der Waals surface area contributed by atoms with Crippen LogP contribution < -0.4 is 15.0 Å². The maximum atomic E-state index is 12.7. The first-order valence-corrected chi connectivity index (χ1v) is 10.8. The van der Waals surface area contributed by atoms with Crippen LogP contribution in [0.4, 0.5) is 5.69 Å². The Kier molecular flexibility index (Phi) is 7.18. The number of hydrogen-bond acceptors (Lipinski definition) is 3. The molecular formula is C25H34N2O2. The van der Waals surface area contributed by atoms with E-state index in [1.54, 1.807) is 0 Å². The first-order chi connectivity index (χ1) is 14.0. The zero-order valence-corrected chi connectivity index (χ0v) is 18.2. The van der Waals surface area contributed by atoms with Crippen molar-refractivity contribution in [3.05, 3.63) is 59.7 Å². The Morgan fingerprint density at radius 1 is 1.17 bits per heavy atom. The molecule has 4 nitrogen and oxygen atoms in total. The van der Waals surface area contributed by atoms with Gasteiger partial charge in [-0.2, -0.15) is 0 Å². The molecular weight excluding hydrogens is 360 g/mol. The van der Waals surface area contributed by atoms with Gasteiger partial charge in [-0.3, -0.25) is 4.79 Å². The average molecular weight is 395 g/mol. The number of carbonyl (C=O) groups is 1. The van der Waals surface area contributed by atoms with Gasteiger partial charge in [0.05, 0.1) is 6.04 Å². The smallest absolute Gasteiger partial charge is 0.261 e. The number of nitrogens with zero attached hydrogens (tertiary/aromatic N) is 1. The van der Waals surface area contributed by atoms with Crippen molar-refractivity contribution < 1.29 is 9.53 Å². The summed E-state index contributed by atoms with van der Waals surface area (Å²) in [5.41, 5.74) is 3.50. The molecule has 156 valence electrons. The summed E-state index contributed by atoms with van der Waals surface area (Å²) in [6.07, 6.45) is 2.65. The third-order valence-electron chi connectivity index (χ3n) is 5.83. The number of anilines is 1. The third kappa shape index (κ3) is 5.75. The van der Waals surface area contributed by atoms with E-state index in [4.69, 9.17) is 4.74 Å². The van der Waals surface area contributed by atoms with Gasteiger partial charge in [0.1, 0.15) is 5.75 Å². The molecule has 0 spiro atoms. The lowest BCUT2D eigenvalue weighted by Crippen LogP contribution is -2.39. The van der Waals surface area contributed by atoms with Crippen molar-refractivity contribution in [2.75, 3.05) is 18.0 Å². The second-order valence-corrected chi connectivity index (χ2v) is 8.32. The summed E-state index contributed by atoms with van der Waals surface area (Å²) >= 11 is 0. The van der Waals surface area contributed by atoms with E-state index in [0.29, 0.717) is 6.42 Å². The number of rotatable bonds is 7. The lowest BCUT2D eigenvalue weighted by atomic mass is 9.98. The molecule has 0 saturated carbocycles. The van der Waals surface area contributed by atoms with Crippen LogP contribution in [0.1, 0.15) is 57.2 Å². The van der Waals surface area contributed by atoms with Gasteiger partial charge in [-0.15, -0.1) is 0 Å². The van der Waals surface area contributed by atoms with E-state index in [1.165, 1.54) is 18.5 Å². The number of ether oxygens (including phenoxy) is 1. The van der Waals surface area contributed by atoms with Crippen LogP contribution in [0.15, 0.2) is 48.5 Å². The Morgan fingerprint density at radius 3 is 2.48 bits per heavy atom. The predicted octanol–water partition coefficient (Wildman–Crippen LogP) is 5.27. The number of carbonyl (C=O) groups excluding carboxylic acids is 1. The van der Waals surface area contributed by atoms with E-state index in [9.17, 15) is 4.79 Å². The van der Waals surface area contributed by atoms with E-state index in [1.807, 2.05) is 45.0 Å². The van der Waals surface area contributed by atoms with Gasteiger partial charge >= 0.3 is 0 Å². The Balaban J connectivity index is 1.58. The van der Waals surface area contributed by atoms with Gasteiger partial charge < -0.3 is 15.0 Å². The molecule has 0 aliphatic carbocycles. The van der Waals surface area contributed by atoms with Crippen molar-refractivity contribution in [3.63, 3.8) is 0 Å². The van der Waals surface area contributed by atoms with E-state index >= 15 is 0 Å². The van der Waals surface area contributed by atoms with Crippen LogP contribution in [-0.2, 0) is 4.79 Å². The van der Waals surface area contributed by atoms with E-state index in [0.717, 1.165) is 35.9 Å². The number of benzene rings is 2. The molecule has 1 aliphatic heterocycles. The van der Waals surface area contributed by atoms with Gasteiger partial charge in [0.25, 0.3) is 5.91 Å². The highest BCUT2D eigenvalue weighted by atomic mass is 16.5. The van der Waals surface area contributed by atoms with Crippen LogP contribution in [0.25, 0.3) is 0 Å². The summed E-state index contributed by atoms with van der Waals surface area (Å²) < 4.78 is 5.93. The van der Waals surface area contributed by atoms with Crippen molar-refractivity contribution >= 4 is 11.6 Å². The molecule has 0 unspecified atom stereocenters. The molecule has 1 heterocycles. The SMILES string of the molecule is CC[C@H](Oc1cccc(C)c1)C(=O)N[C@@H](C)c1ccc(N2CCC(C)CC2)cc1. The normalized spacial score (nSPS) is 16.9. The molecule has 1 N–H and O–H groups in total. The van der Waals surface area contributed by atoms with Gasteiger partial charge in [0.2, 0.25) is 0 Å². The van der Waals surface area contributed by atoms with Crippen LogP contribution >= 0.6 is 0 Å². The molecule has 1 aliphatic rings. The summed E-state index contributed by atoms with van der Waals surface area (Å²) in [6.45, 7) is 10.6. The number of piperidine rings is 1. The van der Waals surface area contributed by atoms with Gasteiger partial charge in [0, 0.05) is 18.8 Å². The molecule has 2 aromatic carbocycles. The zero-order valence-electron chi connectivity index (χ0n) is 18.2. The maximum Gasteiger partial charge on any atom is 0.261 e. The fraction of sp³-hybridized carbons (Fsp3) is 0.480. The maximum absolute atomic E-state index is 12.7. The lowest BCUT2D eigenvalue weighted by molar-refractivity contribution is -0.128. The summed E-state index contributed by atoms with van der Waals surface area (Å²) in [5.74, 6) is 1.49. The monoisotopic (exact) mass is 394 g/mol. The van der Waals surface area contributed by atoms with E-state index in [2.05, 4.69) is 41.4 Å². The average Bonchev–Trinajstić information content (AvgIpc) is 2.72. The molecule has 3 rings (SSSR count). The molecule has 4 heteroatoms. The quantitative estimate of drug-likeness (QED) is 0.696. The van der Waals surface area contributed by atoms with Crippen molar-refractivity contribution in [2.45, 2.75) is 59.1 Å². The first kappa shape index (κ1) is 21.2. The molecule has 29 heavy (non-hydrogen) atoms. The molecule has 1 amide bonds. The highest BCUT2D eigenvalue weighted by Gasteiger charge is 2.21. The summed E-state index contributed by atoms with van der Waals surface area (Å²) in [7, 11) is 0. The Hall–Kier alpha value is -2.49.